The summed E-state index contributed by atoms with van der Waals surface area (Å²) in [4.78, 5) is 20.7. The van der Waals surface area contributed by atoms with Crippen LogP contribution in [0.15, 0.2) is 29.5 Å². The fraction of sp³-hybridized carbons (Fsp3) is 0.474. The van der Waals surface area contributed by atoms with Crippen LogP contribution in [0.4, 0.5) is 13.2 Å². The van der Waals surface area contributed by atoms with Crippen molar-refractivity contribution < 1.29 is 18.3 Å². The van der Waals surface area contributed by atoms with Crippen molar-refractivity contribution in [3.05, 3.63) is 52.0 Å². The topological polar surface area (TPSA) is 85.8 Å². The van der Waals surface area contributed by atoms with E-state index < -0.39 is 17.5 Å². The van der Waals surface area contributed by atoms with Gasteiger partial charge in [-0.2, -0.15) is 18.3 Å². The van der Waals surface area contributed by atoms with E-state index in [-0.39, 0.29) is 34.1 Å². The number of rotatable bonds is 4. The highest BCUT2D eigenvalue weighted by Gasteiger charge is 2.50. The van der Waals surface area contributed by atoms with Gasteiger partial charge in [0, 0.05) is 24.8 Å². The van der Waals surface area contributed by atoms with Gasteiger partial charge in [-0.15, -0.1) is 0 Å². The molecule has 3 heterocycles. The average Bonchev–Trinajstić information content (AvgIpc) is 3.57. The molecule has 5 rings (SSSR count). The zero-order valence-electron chi connectivity index (χ0n) is 15.5. The molecule has 1 N–H and O–H groups in total. The highest BCUT2D eigenvalue weighted by atomic mass is 19.4. The summed E-state index contributed by atoms with van der Waals surface area (Å²) in [6, 6.07) is 2.22. The Morgan fingerprint density at radius 1 is 1.10 bits per heavy atom. The lowest BCUT2D eigenvalue weighted by Gasteiger charge is -2.29. The maximum absolute atomic E-state index is 12.9. The summed E-state index contributed by atoms with van der Waals surface area (Å²) in [6.45, 7) is 0. The summed E-state index contributed by atoms with van der Waals surface area (Å²) in [6.07, 6.45) is 1.17. The van der Waals surface area contributed by atoms with Gasteiger partial charge in [0.05, 0.1) is 6.33 Å². The first-order chi connectivity index (χ1) is 13.7. The number of fused-ring (bicyclic) bond motifs is 1. The van der Waals surface area contributed by atoms with Gasteiger partial charge >= 0.3 is 6.18 Å². The number of halogens is 3. The lowest BCUT2D eigenvalue weighted by atomic mass is 9.85. The standard InChI is InChI=1S/C19H18F3N5O2/c1-26-16(14-15(25-26)17(28)27(9-24-14)12-5-6-12)18(29,10-2-3-10)11-4-7-13(23-8-11)19(20,21)22/h4,7-10,12,29H,2-3,5-6H2,1H3. The Kier molecular flexibility index (Phi) is 3.71. The summed E-state index contributed by atoms with van der Waals surface area (Å²) in [5.74, 6) is -0.215. The Hall–Kier alpha value is -2.75. The second kappa shape index (κ2) is 5.88. The molecule has 1 unspecified atom stereocenters. The molecule has 3 aromatic rings. The highest BCUT2D eigenvalue weighted by molar-refractivity contribution is 5.78. The van der Waals surface area contributed by atoms with E-state index in [0.29, 0.717) is 18.5 Å². The summed E-state index contributed by atoms with van der Waals surface area (Å²) in [5, 5.41) is 16.0. The van der Waals surface area contributed by atoms with Gasteiger partial charge in [0.1, 0.15) is 22.5 Å². The number of alkyl halides is 3. The van der Waals surface area contributed by atoms with Gasteiger partial charge in [-0.3, -0.25) is 19.0 Å². The molecule has 0 aliphatic heterocycles. The largest absolute Gasteiger partial charge is 0.433 e. The predicted octanol–water partition coefficient (Wildman–Crippen LogP) is 2.52. The minimum Gasteiger partial charge on any atom is -0.378 e. The smallest absolute Gasteiger partial charge is 0.378 e. The monoisotopic (exact) mass is 405 g/mol. The molecule has 2 aliphatic rings. The molecule has 0 aromatic carbocycles. The fourth-order valence-corrected chi connectivity index (χ4v) is 3.97. The number of aliphatic hydroxyl groups is 1. The van der Waals surface area contributed by atoms with E-state index >= 15 is 0 Å². The van der Waals surface area contributed by atoms with Crippen LogP contribution >= 0.6 is 0 Å². The first-order valence-corrected chi connectivity index (χ1v) is 9.41. The molecule has 1 atom stereocenters. The Morgan fingerprint density at radius 3 is 2.38 bits per heavy atom. The molecule has 2 aliphatic carbocycles. The Labute approximate surface area is 162 Å². The fourth-order valence-electron chi connectivity index (χ4n) is 3.97. The van der Waals surface area contributed by atoms with E-state index in [9.17, 15) is 23.1 Å². The summed E-state index contributed by atoms with van der Waals surface area (Å²) < 4.78 is 41.7. The summed E-state index contributed by atoms with van der Waals surface area (Å²) in [5.41, 5.74) is -1.99. The van der Waals surface area contributed by atoms with Crippen LogP contribution in [0.2, 0.25) is 0 Å². The Morgan fingerprint density at radius 2 is 1.83 bits per heavy atom. The highest BCUT2D eigenvalue weighted by Crippen LogP contribution is 2.50. The van der Waals surface area contributed by atoms with Crippen molar-refractivity contribution in [1.82, 2.24) is 24.3 Å². The molecule has 3 aromatic heterocycles. The number of aryl methyl sites for hydroxylation is 1. The third-order valence-electron chi connectivity index (χ3n) is 5.73. The number of hydrogen-bond acceptors (Lipinski definition) is 5. The van der Waals surface area contributed by atoms with Crippen molar-refractivity contribution in [1.29, 1.82) is 0 Å². The third-order valence-corrected chi connectivity index (χ3v) is 5.73. The van der Waals surface area contributed by atoms with Crippen LogP contribution in [-0.4, -0.2) is 29.4 Å². The quantitative estimate of drug-likeness (QED) is 0.721. The molecule has 0 amide bonds. The lowest BCUT2D eigenvalue weighted by Crippen LogP contribution is -2.33. The summed E-state index contributed by atoms with van der Waals surface area (Å²) in [7, 11) is 1.60. The van der Waals surface area contributed by atoms with Crippen LogP contribution in [0.5, 0.6) is 0 Å². The van der Waals surface area contributed by atoms with E-state index in [2.05, 4.69) is 15.1 Å². The molecule has 10 heteroatoms. The van der Waals surface area contributed by atoms with Crippen molar-refractivity contribution in [2.45, 2.75) is 43.5 Å². The number of nitrogens with zero attached hydrogens (tertiary/aromatic N) is 5. The van der Waals surface area contributed by atoms with E-state index in [1.807, 2.05) is 0 Å². The van der Waals surface area contributed by atoms with Crippen LogP contribution in [0.25, 0.3) is 11.0 Å². The van der Waals surface area contributed by atoms with E-state index in [1.54, 1.807) is 11.6 Å². The van der Waals surface area contributed by atoms with Crippen LogP contribution in [0.1, 0.15) is 48.7 Å². The normalized spacial score (nSPS) is 19.5. The summed E-state index contributed by atoms with van der Waals surface area (Å²) >= 11 is 0. The van der Waals surface area contributed by atoms with Gasteiger partial charge in [-0.25, -0.2) is 4.98 Å². The second-order valence-electron chi connectivity index (χ2n) is 7.83. The molecule has 2 saturated carbocycles. The molecule has 152 valence electrons. The molecule has 29 heavy (non-hydrogen) atoms. The number of aromatic nitrogens is 5. The van der Waals surface area contributed by atoms with Crippen molar-refractivity contribution in [3.8, 4) is 0 Å². The first-order valence-electron chi connectivity index (χ1n) is 9.41. The van der Waals surface area contributed by atoms with Gasteiger partial charge in [-0.05, 0) is 37.7 Å². The van der Waals surface area contributed by atoms with Crippen molar-refractivity contribution in [2.24, 2.45) is 13.0 Å². The SMILES string of the molecule is Cn1nc2c(=O)n(C3CC3)cnc2c1C(O)(c1ccc(C(F)(F)F)nc1)C1CC1. The predicted molar refractivity (Wildman–Crippen MR) is 96.0 cm³/mol. The molecule has 0 saturated heterocycles. The molecular formula is C19H18F3N5O2. The molecule has 0 radical (unpaired) electrons. The van der Waals surface area contributed by atoms with E-state index in [1.165, 1.54) is 17.1 Å². The van der Waals surface area contributed by atoms with Crippen LogP contribution < -0.4 is 5.56 Å². The third kappa shape index (κ3) is 2.77. The van der Waals surface area contributed by atoms with Gasteiger partial charge in [0.2, 0.25) is 0 Å². The van der Waals surface area contributed by atoms with Gasteiger partial charge in [0.15, 0.2) is 5.52 Å². The van der Waals surface area contributed by atoms with Gasteiger partial charge < -0.3 is 5.11 Å². The zero-order valence-corrected chi connectivity index (χ0v) is 15.5. The first kappa shape index (κ1) is 18.3. The van der Waals surface area contributed by atoms with Gasteiger partial charge in [0.25, 0.3) is 5.56 Å². The Bertz CT molecular complexity index is 1160. The second-order valence-corrected chi connectivity index (χ2v) is 7.83. The van der Waals surface area contributed by atoms with Gasteiger partial charge in [-0.1, -0.05) is 6.07 Å². The molecule has 0 spiro atoms. The van der Waals surface area contributed by atoms with Crippen molar-refractivity contribution in [2.75, 3.05) is 0 Å². The van der Waals surface area contributed by atoms with E-state index in [0.717, 1.165) is 25.1 Å². The van der Waals surface area contributed by atoms with Crippen LogP contribution in [0, 0.1) is 5.92 Å². The number of pyridine rings is 1. The zero-order chi connectivity index (χ0) is 20.6. The maximum atomic E-state index is 12.9. The molecule has 0 bridgehead atoms. The Balaban J connectivity index is 1.69. The minimum absolute atomic E-state index is 0.131. The minimum atomic E-state index is -4.56. The van der Waals surface area contributed by atoms with Crippen LogP contribution in [0.3, 0.4) is 0 Å². The van der Waals surface area contributed by atoms with Crippen LogP contribution in [-0.2, 0) is 18.8 Å². The van der Waals surface area contributed by atoms with Crippen molar-refractivity contribution in [3.63, 3.8) is 0 Å². The lowest BCUT2D eigenvalue weighted by molar-refractivity contribution is -0.141. The molecular weight excluding hydrogens is 387 g/mol. The average molecular weight is 405 g/mol. The van der Waals surface area contributed by atoms with E-state index in [4.69, 9.17) is 0 Å². The van der Waals surface area contributed by atoms with Crippen molar-refractivity contribution >= 4 is 11.0 Å². The maximum Gasteiger partial charge on any atom is 0.433 e. The molecule has 7 nitrogen and oxygen atoms in total. The molecule has 2 fully saturated rings. The number of hydrogen-bond donors (Lipinski definition) is 1.